The fraction of sp³-hybridized carbons (Fsp3) is 0.615. The van der Waals surface area contributed by atoms with Crippen molar-refractivity contribution >= 4 is 23.6 Å². The molecule has 1 saturated carbocycles. The third-order valence-electron chi connectivity index (χ3n) is 3.37. The zero-order valence-electron chi connectivity index (χ0n) is 10.2. The minimum atomic E-state index is 0.293. The van der Waals surface area contributed by atoms with Gasteiger partial charge >= 0.3 is 0 Å². The predicted octanol–water partition coefficient (Wildman–Crippen LogP) is 4.15. The van der Waals surface area contributed by atoms with E-state index >= 15 is 0 Å². The van der Waals surface area contributed by atoms with Crippen LogP contribution in [0.2, 0.25) is 0 Å². The Morgan fingerprint density at radius 3 is 3.00 bits per heavy atom. The van der Waals surface area contributed by atoms with E-state index in [0.717, 1.165) is 22.5 Å². The molecule has 2 nitrogen and oxygen atoms in total. The smallest absolute Gasteiger partial charge is 0.196 e. The summed E-state index contributed by atoms with van der Waals surface area (Å²) in [6.07, 6.45) is 8.29. The second kappa shape index (κ2) is 5.83. The Balaban J connectivity index is 2.10. The van der Waals surface area contributed by atoms with Gasteiger partial charge in [-0.3, -0.25) is 0 Å². The molecule has 0 N–H and O–H groups in total. The molecule has 0 saturated heterocycles. The third-order valence-corrected chi connectivity index (χ3v) is 4.65. The first-order valence-corrected chi connectivity index (χ1v) is 7.46. The molecule has 4 heteroatoms. The molecule has 0 amide bonds. The molecule has 0 aromatic carbocycles. The highest BCUT2D eigenvalue weighted by Crippen LogP contribution is 2.28. The van der Waals surface area contributed by atoms with Crippen molar-refractivity contribution < 1.29 is 4.84 Å². The highest BCUT2D eigenvalue weighted by molar-refractivity contribution is 7.73. The topological polar surface area (TPSA) is 14.2 Å². The molecule has 1 fully saturated rings. The molecule has 1 aliphatic rings. The Hall–Kier alpha value is -0.610. The van der Waals surface area contributed by atoms with Crippen molar-refractivity contribution in [3.63, 3.8) is 0 Å². The fourth-order valence-electron chi connectivity index (χ4n) is 2.43. The highest BCUT2D eigenvalue weighted by atomic mass is 32.1. The van der Waals surface area contributed by atoms with Crippen LogP contribution in [0.1, 0.15) is 37.8 Å². The molecule has 2 rings (SSSR count). The van der Waals surface area contributed by atoms with Gasteiger partial charge in [-0.1, -0.05) is 12.5 Å². The van der Waals surface area contributed by atoms with Gasteiger partial charge in [-0.25, -0.2) is 0 Å². The molecule has 1 aromatic rings. The largest absolute Gasteiger partial charge is 0.408 e. The van der Waals surface area contributed by atoms with E-state index in [9.17, 15) is 0 Å². The van der Waals surface area contributed by atoms with E-state index < -0.39 is 0 Å². The standard InChI is InChI=1S/C13H19NOS2/c1-3-6-11-7-4-5-8-12(11)15-14-10(2)9-17-13(14)16/h3,9,11-12H,1,4-8H2,2H3/t11-,12-/m1/s1. The van der Waals surface area contributed by atoms with Crippen molar-refractivity contribution in [1.82, 2.24) is 4.73 Å². The summed E-state index contributed by atoms with van der Waals surface area (Å²) in [4.78, 5) is 6.10. The van der Waals surface area contributed by atoms with Crippen LogP contribution in [-0.4, -0.2) is 10.8 Å². The van der Waals surface area contributed by atoms with Crippen LogP contribution in [0.4, 0.5) is 0 Å². The van der Waals surface area contributed by atoms with E-state index in [1.165, 1.54) is 19.3 Å². The number of allylic oxidation sites excluding steroid dienone is 1. The van der Waals surface area contributed by atoms with Gasteiger partial charge in [0.2, 0.25) is 0 Å². The van der Waals surface area contributed by atoms with E-state index in [2.05, 4.69) is 6.58 Å². The maximum atomic E-state index is 6.10. The fourth-order valence-corrected chi connectivity index (χ4v) is 3.41. The van der Waals surface area contributed by atoms with Crippen LogP contribution in [0.5, 0.6) is 0 Å². The Labute approximate surface area is 112 Å². The van der Waals surface area contributed by atoms with Gasteiger partial charge in [-0.05, 0) is 44.8 Å². The summed E-state index contributed by atoms with van der Waals surface area (Å²) < 4.78 is 2.64. The summed E-state index contributed by atoms with van der Waals surface area (Å²) in [5.74, 6) is 0.599. The van der Waals surface area contributed by atoms with Gasteiger partial charge in [0.15, 0.2) is 3.95 Å². The average Bonchev–Trinajstić information content (AvgIpc) is 2.64. The van der Waals surface area contributed by atoms with E-state index in [1.54, 1.807) is 11.3 Å². The van der Waals surface area contributed by atoms with Crippen molar-refractivity contribution in [2.75, 3.05) is 0 Å². The van der Waals surface area contributed by atoms with Gasteiger partial charge in [0.1, 0.15) is 6.10 Å². The number of aromatic nitrogens is 1. The Morgan fingerprint density at radius 1 is 1.59 bits per heavy atom. The van der Waals surface area contributed by atoms with Gasteiger partial charge in [0.25, 0.3) is 0 Å². The van der Waals surface area contributed by atoms with Crippen LogP contribution in [0.15, 0.2) is 18.0 Å². The van der Waals surface area contributed by atoms with E-state index in [4.69, 9.17) is 17.1 Å². The summed E-state index contributed by atoms with van der Waals surface area (Å²) in [5.41, 5.74) is 1.10. The average molecular weight is 269 g/mol. The predicted molar refractivity (Wildman–Crippen MR) is 75.0 cm³/mol. The SMILES string of the molecule is C=CC[C@@H]1CCCC[C@H]1On1c(C)csc1=S. The van der Waals surface area contributed by atoms with E-state index in [-0.39, 0.29) is 0 Å². The molecule has 0 unspecified atom stereocenters. The van der Waals surface area contributed by atoms with Gasteiger partial charge in [-0.15, -0.1) is 17.9 Å². The van der Waals surface area contributed by atoms with Gasteiger partial charge < -0.3 is 4.84 Å². The summed E-state index contributed by atoms with van der Waals surface area (Å²) in [6.45, 7) is 5.88. The number of nitrogens with zero attached hydrogens (tertiary/aromatic N) is 1. The zero-order chi connectivity index (χ0) is 12.3. The lowest BCUT2D eigenvalue weighted by Gasteiger charge is -2.31. The highest BCUT2D eigenvalue weighted by Gasteiger charge is 2.26. The molecule has 0 bridgehead atoms. The molecule has 1 heterocycles. The minimum Gasteiger partial charge on any atom is -0.408 e. The van der Waals surface area contributed by atoms with E-state index in [1.807, 2.05) is 23.1 Å². The summed E-state index contributed by atoms with van der Waals surface area (Å²) in [7, 11) is 0. The van der Waals surface area contributed by atoms with E-state index in [0.29, 0.717) is 12.0 Å². The Morgan fingerprint density at radius 2 is 2.35 bits per heavy atom. The molecular weight excluding hydrogens is 250 g/mol. The Kier molecular flexibility index (Phi) is 4.40. The van der Waals surface area contributed by atoms with Crippen molar-refractivity contribution in [2.24, 2.45) is 5.92 Å². The van der Waals surface area contributed by atoms with Crippen LogP contribution in [0.25, 0.3) is 0 Å². The van der Waals surface area contributed by atoms with Crippen LogP contribution in [0, 0.1) is 16.8 Å². The van der Waals surface area contributed by atoms with Crippen molar-refractivity contribution in [2.45, 2.75) is 45.1 Å². The third kappa shape index (κ3) is 2.99. The molecular formula is C13H19NOS2. The maximum Gasteiger partial charge on any atom is 0.196 e. The number of aryl methyl sites for hydroxylation is 1. The first-order chi connectivity index (χ1) is 8.22. The molecule has 2 atom stereocenters. The lowest BCUT2D eigenvalue weighted by atomic mass is 9.84. The monoisotopic (exact) mass is 269 g/mol. The summed E-state index contributed by atoms with van der Waals surface area (Å²) >= 11 is 6.85. The van der Waals surface area contributed by atoms with Crippen LogP contribution >= 0.6 is 23.6 Å². The molecule has 1 aliphatic carbocycles. The zero-order valence-corrected chi connectivity index (χ0v) is 11.9. The molecule has 0 radical (unpaired) electrons. The molecule has 1 aromatic heterocycles. The normalized spacial score (nSPS) is 24.5. The maximum absolute atomic E-state index is 6.10. The summed E-state index contributed by atoms with van der Waals surface area (Å²) in [6, 6.07) is 0. The quantitative estimate of drug-likeness (QED) is 0.602. The van der Waals surface area contributed by atoms with Crippen LogP contribution < -0.4 is 4.84 Å². The first kappa shape index (κ1) is 12.8. The van der Waals surface area contributed by atoms with Gasteiger partial charge in [0, 0.05) is 11.3 Å². The van der Waals surface area contributed by atoms with Crippen LogP contribution in [0.3, 0.4) is 0 Å². The second-order valence-electron chi connectivity index (χ2n) is 4.65. The first-order valence-electron chi connectivity index (χ1n) is 6.17. The number of hydrogen-bond acceptors (Lipinski definition) is 3. The van der Waals surface area contributed by atoms with Crippen molar-refractivity contribution in [1.29, 1.82) is 0 Å². The molecule has 0 spiro atoms. The lowest BCUT2D eigenvalue weighted by Crippen LogP contribution is -2.35. The number of hydrogen-bond donors (Lipinski definition) is 0. The molecule has 0 aliphatic heterocycles. The minimum absolute atomic E-state index is 0.293. The van der Waals surface area contributed by atoms with Gasteiger partial charge in [0.05, 0.1) is 5.69 Å². The number of thiazole rings is 1. The number of rotatable bonds is 4. The van der Waals surface area contributed by atoms with Crippen molar-refractivity contribution in [3.8, 4) is 0 Å². The van der Waals surface area contributed by atoms with Gasteiger partial charge in [-0.2, -0.15) is 4.73 Å². The molecule has 17 heavy (non-hydrogen) atoms. The second-order valence-corrected chi connectivity index (χ2v) is 6.15. The lowest BCUT2D eigenvalue weighted by molar-refractivity contribution is -0.0229. The molecule has 94 valence electrons. The van der Waals surface area contributed by atoms with Crippen LogP contribution in [-0.2, 0) is 0 Å². The Bertz CT molecular complexity index is 435. The summed E-state index contributed by atoms with van der Waals surface area (Å²) in [5, 5.41) is 2.05. The van der Waals surface area contributed by atoms with Crippen molar-refractivity contribution in [3.05, 3.63) is 27.7 Å².